The quantitative estimate of drug-likeness (QED) is 0.795. The number of benzene rings is 1. The molecule has 2 saturated heterocycles. The van der Waals surface area contributed by atoms with Crippen LogP contribution in [0, 0.1) is 5.92 Å². The normalized spacial score (nSPS) is 26.5. The first-order chi connectivity index (χ1) is 11.6. The highest BCUT2D eigenvalue weighted by molar-refractivity contribution is 5.17. The van der Waals surface area contributed by atoms with E-state index < -0.39 is 0 Å². The molecular weight excluding hydrogens is 296 g/mol. The van der Waals surface area contributed by atoms with E-state index >= 15 is 0 Å². The summed E-state index contributed by atoms with van der Waals surface area (Å²) in [4.78, 5) is 5.38. The maximum absolute atomic E-state index is 5.55. The summed E-state index contributed by atoms with van der Waals surface area (Å²) in [6, 6.07) is 13.0. The van der Waals surface area contributed by atoms with E-state index in [0.29, 0.717) is 18.1 Å². The zero-order valence-corrected chi connectivity index (χ0v) is 15.7. The van der Waals surface area contributed by atoms with Crippen LogP contribution in [0.15, 0.2) is 30.3 Å². The van der Waals surface area contributed by atoms with Gasteiger partial charge in [0.1, 0.15) is 0 Å². The van der Waals surface area contributed by atoms with Crippen molar-refractivity contribution >= 4 is 0 Å². The largest absolute Gasteiger partial charge is 0.381 e. The summed E-state index contributed by atoms with van der Waals surface area (Å²) in [5.74, 6) is 0.820. The van der Waals surface area contributed by atoms with E-state index in [1.807, 2.05) is 0 Å². The molecule has 0 aliphatic carbocycles. The Kier molecular flexibility index (Phi) is 6.31. The molecule has 3 heteroatoms. The molecule has 0 bridgehead atoms. The molecule has 0 radical (unpaired) electrons. The van der Waals surface area contributed by atoms with E-state index in [1.165, 1.54) is 44.3 Å². The predicted octanol–water partition coefficient (Wildman–Crippen LogP) is 3.44. The summed E-state index contributed by atoms with van der Waals surface area (Å²) in [5.41, 5.74) is 1.48. The standard InChI is InChI=1S/C21H34N2O/c1-17(2)22(3)20-9-12-23(16-19-10-13-24-14-11-19)21(20)15-18-7-5-4-6-8-18/h4-8,17,19-21H,9-16H2,1-3H3/t20-,21+/m1/s1. The van der Waals surface area contributed by atoms with Crippen molar-refractivity contribution in [2.45, 2.75) is 57.7 Å². The number of nitrogens with zero attached hydrogens (tertiary/aromatic N) is 2. The Morgan fingerprint density at radius 3 is 2.50 bits per heavy atom. The fraction of sp³-hybridized carbons (Fsp3) is 0.714. The average molecular weight is 331 g/mol. The molecule has 2 heterocycles. The van der Waals surface area contributed by atoms with Crippen LogP contribution in [0.2, 0.25) is 0 Å². The molecular formula is C21H34N2O. The van der Waals surface area contributed by atoms with Crippen molar-refractivity contribution in [2.75, 3.05) is 33.4 Å². The first kappa shape index (κ1) is 17.9. The molecule has 3 rings (SSSR count). The number of likely N-dealkylation sites (N-methyl/N-ethyl adjacent to an activating group) is 1. The van der Waals surface area contributed by atoms with Crippen molar-refractivity contribution in [1.29, 1.82) is 0 Å². The van der Waals surface area contributed by atoms with Crippen LogP contribution in [0.3, 0.4) is 0 Å². The Hall–Kier alpha value is -0.900. The maximum atomic E-state index is 5.55. The third-order valence-electron chi connectivity index (χ3n) is 6.08. The molecule has 2 atom stereocenters. The van der Waals surface area contributed by atoms with Crippen molar-refractivity contribution < 1.29 is 4.74 Å². The van der Waals surface area contributed by atoms with Crippen LogP contribution in [-0.2, 0) is 11.2 Å². The smallest absolute Gasteiger partial charge is 0.0469 e. The van der Waals surface area contributed by atoms with Gasteiger partial charge in [0.25, 0.3) is 0 Å². The van der Waals surface area contributed by atoms with Crippen molar-refractivity contribution in [2.24, 2.45) is 5.92 Å². The number of hydrogen-bond acceptors (Lipinski definition) is 3. The van der Waals surface area contributed by atoms with Gasteiger partial charge in [-0.05, 0) is 58.1 Å². The van der Waals surface area contributed by atoms with Crippen LogP contribution in [0.1, 0.15) is 38.7 Å². The Labute approximate surface area is 148 Å². The second-order valence-corrected chi connectivity index (χ2v) is 7.92. The van der Waals surface area contributed by atoms with E-state index in [2.05, 4.69) is 61.0 Å². The van der Waals surface area contributed by atoms with E-state index in [1.54, 1.807) is 0 Å². The average Bonchev–Trinajstić information content (AvgIpc) is 2.98. The Bertz CT molecular complexity index is 484. The fourth-order valence-corrected chi connectivity index (χ4v) is 4.37. The first-order valence-electron chi connectivity index (χ1n) is 9.73. The monoisotopic (exact) mass is 330 g/mol. The van der Waals surface area contributed by atoms with Crippen LogP contribution in [-0.4, -0.2) is 61.3 Å². The van der Waals surface area contributed by atoms with Gasteiger partial charge < -0.3 is 4.74 Å². The molecule has 1 aromatic carbocycles. The molecule has 0 saturated carbocycles. The van der Waals surface area contributed by atoms with Gasteiger partial charge in [-0.3, -0.25) is 9.80 Å². The van der Waals surface area contributed by atoms with Gasteiger partial charge in [0, 0.05) is 44.4 Å². The number of likely N-dealkylation sites (tertiary alicyclic amines) is 1. The van der Waals surface area contributed by atoms with Crippen LogP contribution in [0.25, 0.3) is 0 Å². The predicted molar refractivity (Wildman–Crippen MR) is 100 cm³/mol. The second kappa shape index (κ2) is 8.46. The molecule has 134 valence electrons. The van der Waals surface area contributed by atoms with Crippen molar-refractivity contribution in [3.63, 3.8) is 0 Å². The van der Waals surface area contributed by atoms with E-state index in [0.717, 1.165) is 19.1 Å². The molecule has 0 aromatic heterocycles. The van der Waals surface area contributed by atoms with Crippen LogP contribution < -0.4 is 0 Å². The van der Waals surface area contributed by atoms with E-state index in [4.69, 9.17) is 4.74 Å². The first-order valence-corrected chi connectivity index (χ1v) is 9.73. The zero-order chi connectivity index (χ0) is 16.9. The van der Waals surface area contributed by atoms with Crippen LogP contribution >= 0.6 is 0 Å². The molecule has 0 amide bonds. The van der Waals surface area contributed by atoms with Gasteiger partial charge in [0.15, 0.2) is 0 Å². The highest BCUT2D eigenvalue weighted by atomic mass is 16.5. The Morgan fingerprint density at radius 2 is 1.83 bits per heavy atom. The van der Waals surface area contributed by atoms with Crippen LogP contribution in [0.4, 0.5) is 0 Å². The molecule has 1 aromatic rings. The summed E-state index contributed by atoms with van der Waals surface area (Å²) in [5, 5.41) is 0. The van der Waals surface area contributed by atoms with Gasteiger partial charge in [-0.15, -0.1) is 0 Å². The number of ether oxygens (including phenoxy) is 1. The lowest BCUT2D eigenvalue weighted by atomic mass is 9.96. The third-order valence-corrected chi connectivity index (χ3v) is 6.08. The molecule has 0 unspecified atom stereocenters. The highest BCUT2D eigenvalue weighted by Gasteiger charge is 2.38. The van der Waals surface area contributed by atoms with Gasteiger partial charge in [-0.25, -0.2) is 0 Å². The van der Waals surface area contributed by atoms with Crippen molar-refractivity contribution in [3.8, 4) is 0 Å². The summed E-state index contributed by atoms with van der Waals surface area (Å²) in [6.45, 7) is 9.05. The summed E-state index contributed by atoms with van der Waals surface area (Å²) in [6.07, 6.45) is 4.94. The van der Waals surface area contributed by atoms with Gasteiger partial charge in [-0.1, -0.05) is 30.3 Å². The van der Waals surface area contributed by atoms with E-state index in [-0.39, 0.29) is 0 Å². The topological polar surface area (TPSA) is 15.7 Å². The van der Waals surface area contributed by atoms with Crippen molar-refractivity contribution in [3.05, 3.63) is 35.9 Å². The second-order valence-electron chi connectivity index (χ2n) is 7.92. The minimum absolute atomic E-state index is 0.608. The fourth-order valence-electron chi connectivity index (χ4n) is 4.37. The van der Waals surface area contributed by atoms with Gasteiger partial charge in [0.2, 0.25) is 0 Å². The molecule has 2 fully saturated rings. The van der Waals surface area contributed by atoms with Gasteiger partial charge >= 0.3 is 0 Å². The molecule has 3 nitrogen and oxygen atoms in total. The Morgan fingerprint density at radius 1 is 1.12 bits per heavy atom. The van der Waals surface area contributed by atoms with Crippen LogP contribution in [0.5, 0.6) is 0 Å². The molecule has 24 heavy (non-hydrogen) atoms. The van der Waals surface area contributed by atoms with Gasteiger partial charge in [-0.2, -0.15) is 0 Å². The minimum Gasteiger partial charge on any atom is -0.381 e. The number of rotatable bonds is 6. The SMILES string of the molecule is CC(C)N(C)[C@@H]1CCN(CC2CCOCC2)[C@H]1Cc1ccccc1. The zero-order valence-electron chi connectivity index (χ0n) is 15.7. The summed E-state index contributed by atoms with van der Waals surface area (Å²) >= 11 is 0. The maximum Gasteiger partial charge on any atom is 0.0469 e. The van der Waals surface area contributed by atoms with E-state index in [9.17, 15) is 0 Å². The van der Waals surface area contributed by atoms with Crippen molar-refractivity contribution in [1.82, 2.24) is 9.80 Å². The molecule has 2 aliphatic heterocycles. The molecule has 2 aliphatic rings. The molecule has 0 N–H and O–H groups in total. The summed E-state index contributed by atoms with van der Waals surface area (Å²) < 4.78 is 5.55. The summed E-state index contributed by atoms with van der Waals surface area (Å²) in [7, 11) is 2.31. The number of hydrogen-bond donors (Lipinski definition) is 0. The lowest BCUT2D eigenvalue weighted by molar-refractivity contribution is 0.0463. The lowest BCUT2D eigenvalue weighted by Crippen LogP contribution is -2.48. The third kappa shape index (κ3) is 4.38. The highest BCUT2D eigenvalue weighted by Crippen LogP contribution is 2.29. The lowest BCUT2D eigenvalue weighted by Gasteiger charge is -2.37. The molecule has 0 spiro atoms. The minimum atomic E-state index is 0.608. The Balaban J connectivity index is 1.71. The van der Waals surface area contributed by atoms with Gasteiger partial charge in [0.05, 0.1) is 0 Å².